The number of aliphatic imine (C=N–C) groups is 1. The predicted octanol–water partition coefficient (Wildman–Crippen LogP) is 3.53. The molecule has 2 rings (SSSR count). The van der Waals surface area contributed by atoms with Crippen molar-refractivity contribution in [3.63, 3.8) is 0 Å². The van der Waals surface area contributed by atoms with E-state index in [0.29, 0.717) is 24.7 Å². The Morgan fingerprint density at radius 2 is 1.79 bits per heavy atom. The summed E-state index contributed by atoms with van der Waals surface area (Å²) < 4.78 is 10.9. The molecule has 0 heterocycles. The Morgan fingerprint density at radius 3 is 2.43 bits per heavy atom. The highest BCUT2D eigenvalue weighted by Gasteiger charge is 2.06. The van der Waals surface area contributed by atoms with Crippen LogP contribution in [0.2, 0.25) is 5.02 Å². The first kappa shape index (κ1) is 21.9. The average Bonchev–Trinajstić information content (AvgIpc) is 2.71. The third kappa shape index (κ3) is 8.06. The minimum Gasteiger partial charge on any atom is -0.489 e. The van der Waals surface area contributed by atoms with E-state index >= 15 is 0 Å². The average molecular weight is 405 g/mol. The molecule has 7 heteroatoms. The van der Waals surface area contributed by atoms with E-state index < -0.39 is 0 Å². The summed E-state index contributed by atoms with van der Waals surface area (Å²) in [5, 5.41) is 10.6. The highest BCUT2D eigenvalue weighted by molar-refractivity contribution is 6.30. The molecule has 2 aromatic carbocycles. The van der Waals surface area contributed by atoms with Crippen molar-refractivity contribution in [1.29, 1.82) is 0 Å². The van der Waals surface area contributed by atoms with Gasteiger partial charge < -0.3 is 25.4 Å². The van der Waals surface area contributed by atoms with Gasteiger partial charge in [-0.2, -0.15) is 0 Å². The molecule has 0 aromatic heterocycles. The minimum absolute atomic E-state index is 0.0165. The first-order valence-electron chi connectivity index (χ1n) is 9.29. The van der Waals surface area contributed by atoms with Crippen molar-refractivity contribution < 1.29 is 9.47 Å². The van der Waals surface area contributed by atoms with E-state index in [1.165, 1.54) is 5.56 Å². The number of nitrogens with zero attached hydrogens (tertiary/aromatic N) is 1. The Morgan fingerprint density at radius 1 is 1.07 bits per heavy atom. The number of nitrogens with one attached hydrogen (secondary N) is 3. The maximum atomic E-state index is 5.89. The molecule has 0 aliphatic rings. The van der Waals surface area contributed by atoms with Gasteiger partial charge in [0.25, 0.3) is 0 Å². The van der Waals surface area contributed by atoms with Gasteiger partial charge in [0.15, 0.2) is 5.96 Å². The highest BCUT2D eigenvalue weighted by atomic mass is 35.5. The summed E-state index contributed by atoms with van der Waals surface area (Å²) >= 11 is 5.89. The monoisotopic (exact) mass is 404 g/mol. The molecule has 0 aliphatic heterocycles. The second-order valence-electron chi connectivity index (χ2n) is 6.31. The van der Waals surface area contributed by atoms with Crippen LogP contribution in [-0.2, 0) is 11.3 Å². The van der Waals surface area contributed by atoms with Crippen LogP contribution in [0.5, 0.6) is 5.75 Å². The molecular weight excluding hydrogens is 376 g/mol. The van der Waals surface area contributed by atoms with Gasteiger partial charge in [0.05, 0.1) is 13.2 Å². The zero-order chi connectivity index (χ0) is 20.2. The zero-order valence-corrected chi connectivity index (χ0v) is 17.4. The van der Waals surface area contributed by atoms with Gasteiger partial charge in [-0.15, -0.1) is 0 Å². The number of rotatable bonds is 10. The summed E-state index contributed by atoms with van der Waals surface area (Å²) in [4.78, 5) is 4.26. The summed E-state index contributed by atoms with van der Waals surface area (Å²) in [6, 6.07) is 15.6. The SMILES string of the molecule is CN=C(NCc1ccc(NCCOC)cc1)NCC(C)Oc1ccc(Cl)cc1. The molecule has 0 amide bonds. The van der Waals surface area contributed by atoms with Gasteiger partial charge in [-0.05, 0) is 48.9 Å². The van der Waals surface area contributed by atoms with Gasteiger partial charge in [0.1, 0.15) is 11.9 Å². The normalized spacial score (nSPS) is 12.4. The van der Waals surface area contributed by atoms with Gasteiger partial charge in [0, 0.05) is 38.0 Å². The van der Waals surface area contributed by atoms with Crippen LogP contribution in [0, 0.1) is 0 Å². The molecule has 1 atom stereocenters. The van der Waals surface area contributed by atoms with Gasteiger partial charge in [-0.3, -0.25) is 4.99 Å². The molecule has 0 aliphatic carbocycles. The van der Waals surface area contributed by atoms with Crippen molar-refractivity contribution in [2.45, 2.75) is 19.6 Å². The van der Waals surface area contributed by atoms with Crippen LogP contribution in [0.15, 0.2) is 53.5 Å². The lowest BCUT2D eigenvalue weighted by molar-refractivity contribution is 0.211. The zero-order valence-electron chi connectivity index (χ0n) is 16.7. The number of methoxy groups -OCH3 is 1. The van der Waals surface area contributed by atoms with Crippen LogP contribution in [0.1, 0.15) is 12.5 Å². The van der Waals surface area contributed by atoms with E-state index in [0.717, 1.165) is 23.9 Å². The van der Waals surface area contributed by atoms with E-state index in [1.807, 2.05) is 31.2 Å². The Balaban J connectivity index is 1.72. The van der Waals surface area contributed by atoms with Crippen molar-refractivity contribution in [2.24, 2.45) is 4.99 Å². The van der Waals surface area contributed by atoms with Crippen molar-refractivity contribution in [1.82, 2.24) is 10.6 Å². The predicted molar refractivity (Wildman–Crippen MR) is 117 cm³/mol. The minimum atomic E-state index is -0.0165. The molecule has 152 valence electrons. The van der Waals surface area contributed by atoms with Gasteiger partial charge in [-0.25, -0.2) is 0 Å². The highest BCUT2D eigenvalue weighted by Crippen LogP contribution is 2.16. The molecule has 0 saturated heterocycles. The lowest BCUT2D eigenvalue weighted by atomic mass is 10.2. The van der Waals surface area contributed by atoms with Crippen LogP contribution < -0.4 is 20.7 Å². The second kappa shape index (κ2) is 12.1. The fourth-order valence-electron chi connectivity index (χ4n) is 2.47. The molecule has 1 unspecified atom stereocenters. The summed E-state index contributed by atoms with van der Waals surface area (Å²) in [7, 11) is 3.45. The van der Waals surface area contributed by atoms with Crippen molar-refractivity contribution in [3.05, 3.63) is 59.1 Å². The van der Waals surface area contributed by atoms with E-state index in [-0.39, 0.29) is 6.10 Å². The van der Waals surface area contributed by atoms with Gasteiger partial charge >= 0.3 is 0 Å². The van der Waals surface area contributed by atoms with E-state index in [1.54, 1.807) is 14.2 Å². The second-order valence-corrected chi connectivity index (χ2v) is 6.74. The third-order valence-electron chi connectivity index (χ3n) is 3.98. The Labute approximate surface area is 172 Å². The van der Waals surface area contributed by atoms with Crippen LogP contribution in [0.3, 0.4) is 0 Å². The number of benzene rings is 2. The quantitative estimate of drug-likeness (QED) is 0.321. The topological polar surface area (TPSA) is 66.9 Å². The van der Waals surface area contributed by atoms with Crippen LogP contribution in [-0.4, -0.2) is 45.9 Å². The summed E-state index contributed by atoms with van der Waals surface area (Å²) in [6.45, 7) is 4.80. The third-order valence-corrected chi connectivity index (χ3v) is 4.23. The van der Waals surface area contributed by atoms with E-state index in [9.17, 15) is 0 Å². The molecule has 0 fully saturated rings. The molecule has 0 saturated carbocycles. The molecule has 2 aromatic rings. The van der Waals surface area contributed by atoms with E-state index in [4.69, 9.17) is 21.1 Å². The lowest BCUT2D eigenvalue weighted by Gasteiger charge is -2.18. The first-order chi connectivity index (χ1) is 13.6. The van der Waals surface area contributed by atoms with Gasteiger partial charge in [-0.1, -0.05) is 23.7 Å². The summed E-state index contributed by atoms with van der Waals surface area (Å²) in [5.74, 6) is 1.52. The number of guanidine groups is 1. The number of ether oxygens (including phenoxy) is 2. The smallest absolute Gasteiger partial charge is 0.191 e. The number of hydrogen-bond donors (Lipinski definition) is 3. The number of hydrogen-bond acceptors (Lipinski definition) is 4. The van der Waals surface area contributed by atoms with Crippen molar-refractivity contribution >= 4 is 23.2 Å². The maximum Gasteiger partial charge on any atom is 0.191 e. The number of anilines is 1. The first-order valence-corrected chi connectivity index (χ1v) is 9.67. The Kier molecular flexibility index (Phi) is 9.45. The molecule has 6 nitrogen and oxygen atoms in total. The van der Waals surface area contributed by atoms with Crippen molar-refractivity contribution in [3.8, 4) is 5.75 Å². The summed E-state index contributed by atoms with van der Waals surface area (Å²) in [5.41, 5.74) is 2.25. The fourth-order valence-corrected chi connectivity index (χ4v) is 2.60. The van der Waals surface area contributed by atoms with Crippen LogP contribution >= 0.6 is 11.6 Å². The Bertz CT molecular complexity index is 720. The molecule has 0 bridgehead atoms. The lowest BCUT2D eigenvalue weighted by Crippen LogP contribution is -2.41. The largest absolute Gasteiger partial charge is 0.489 e. The van der Waals surface area contributed by atoms with Crippen LogP contribution in [0.4, 0.5) is 5.69 Å². The molecule has 3 N–H and O–H groups in total. The standard InChI is InChI=1S/C21H29ClN4O2/c1-16(28-20-10-6-18(22)7-11-20)14-25-21(23-2)26-15-17-4-8-19(9-5-17)24-12-13-27-3/h4-11,16,24H,12-15H2,1-3H3,(H2,23,25,26). The Hall–Kier alpha value is -2.44. The van der Waals surface area contributed by atoms with E-state index in [2.05, 4.69) is 45.2 Å². The molecule has 28 heavy (non-hydrogen) atoms. The molecule has 0 radical (unpaired) electrons. The van der Waals surface area contributed by atoms with Gasteiger partial charge in [0.2, 0.25) is 0 Å². The fraction of sp³-hybridized carbons (Fsp3) is 0.381. The molecule has 0 spiro atoms. The summed E-state index contributed by atoms with van der Waals surface area (Å²) in [6.07, 6.45) is -0.0165. The number of halogens is 1. The maximum absolute atomic E-state index is 5.89. The van der Waals surface area contributed by atoms with Crippen LogP contribution in [0.25, 0.3) is 0 Å². The molecular formula is C21H29ClN4O2. The van der Waals surface area contributed by atoms with Crippen molar-refractivity contribution in [2.75, 3.05) is 39.2 Å².